The van der Waals surface area contributed by atoms with Crippen molar-refractivity contribution in [2.45, 2.75) is 50.7 Å². The third-order valence-electron chi connectivity index (χ3n) is 5.52. The molecular formula is C20H33Cl2N3O3. The van der Waals surface area contributed by atoms with Crippen LogP contribution in [-0.2, 0) is 11.3 Å². The zero-order valence-electron chi connectivity index (χ0n) is 16.7. The van der Waals surface area contributed by atoms with Crippen molar-refractivity contribution in [1.29, 1.82) is 0 Å². The van der Waals surface area contributed by atoms with E-state index in [0.717, 1.165) is 68.8 Å². The highest BCUT2D eigenvalue weighted by Crippen LogP contribution is 2.26. The molecular weight excluding hydrogens is 401 g/mol. The van der Waals surface area contributed by atoms with Crippen LogP contribution in [0.1, 0.15) is 37.7 Å². The molecule has 3 rings (SSSR count). The van der Waals surface area contributed by atoms with E-state index >= 15 is 0 Å². The highest BCUT2D eigenvalue weighted by Gasteiger charge is 2.29. The lowest BCUT2D eigenvalue weighted by molar-refractivity contribution is -0.126. The summed E-state index contributed by atoms with van der Waals surface area (Å²) in [6.45, 7) is 2.69. The molecule has 0 aromatic heterocycles. The predicted octanol–water partition coefficient (Wildman–Crippen LogP) is 2.76. The second kappa shape index (κ2) is 11.7. The third-order valence-corrected chi connectivity index (χ3v) is 5.52. The first kappa shape index (κ1) is 24.8. The van der Waals surface area contributed by atoms with Gasteiger partial charge in [-0.25, -0.2) is 0 Å². The Kier molecular flexibility index (Phi) is 10.4. The van der Waals surface area contributed by atoms with Gasteiger partial charge >= 0.3 is 0 Å². The quantitative estimate of drug-likeness (QED) is 0.720. The Morgan fingerprint density at radius 3 is 2.43 bits per heavy atom. The molecule has 1 aromatic carbocycles. The summed E-state index contributed by atoms with van der Waals surface area (Å²) in [7, 11) is 3.33. The fraction of sp³-hybridized carbons (Fsp3) is 0.650. The molecule has 1 aliphatic carbocycles. The number of carbonyl (C=O) groups excluding carboxylic acids is 1. The van der Waals surface area contributed by atoms with E-state index < -0.39 is 0 Å². The number of likely N-dealkylation sites (tertiary alicyclic amines) is 1. The molecule has 1 amide bonds. The van der Waals surface area contributed by atoms with Gasteiger partial charge in [0, 0.05) is 43.7 Å². The normalized spacial score (nSPS) is 24.6. The minimum atomic E-state index is 0. The van der Waals surface area contributed by atoms with Crippen LogP contribution in [-0.4, -0.2) is 50.2 Å². The number of benzene rings is 1. The fourth-order valence-corrected chi connectivity index (χ4v) is 4.09. The van der Waals surface area contributed by atoms with E-state index in [4.69, 9.17) is 15.2 Å². The number of methoxy groups -OCH3 is 2. The monoisotopic (exact) mass is 433 g/mol. The first-order chi connectivity index (χ1) is 12.6. The van der Waals surface area contributed by atoms with Gasteiger partial charge in [0.2, 0.25) is 5.91 Å². The number of rotatable bonds is 6. The minimum Gasteiger partial charge on any atom is -0.497 e. The summed E-state index contributed by atoms with van der Waals surface area (Å²) in [5.41, 5.74) is 7.18. The maximum atomic E-state index is 12.5. The van der Waals surface area contributed by atoms with Crippen molar-refractivity contribution in [3.05, 3.63) is 23.8 Å². The highest BCUT2D eigenvalue weighted by atomic mass is 35.5. The van der Waals surface area contributed by atoms with Crippen LogP contribution in [0.3, 0.4) is 0 Å². The number of hydrogen-bond donors (Lipinski definition) is 2. The van der Waals surface area contributed by atoms with E-state index in [1.165, 1.54) is 0 Å². The van der Waals surface area contributed by atoms with Gasteiger partial charge in [-0.05, 0) is 43.4 Å². The summed E-state index contributed by atoms with van der Waals surface area (Å²) in [5.74, 6) is 1.89. The van der Waals surface area contributed by atoms with Crippen LogP contribution in [0.25, 0.3) is 0 Å². The van der Waals surface area contributed by atoms with Gasteiger partial charge in [-0.15, -0.1) is 24.8 Å². The van der Waals surface area contributed by atoms with Gasteiger partial charge in [0.25, 0.3) is 0 Å². The van der Waals surface area contributed by atoms with Crippen LogP contribution in [0, 0.1) is 5.92 Å². The zero-order valence-corrected chi connectivity index (χ0v) is 18.3. The van der Waals surface area contributed by atoms with Crippen molar-refractivity contribution in [2.24, 2.45) is 11.7 Å². The van der Waals surface area contributed by atoms with Gasteiger partial charge < -0.3 is 20.5 Å². The lowest BCUT2D eigenvalue weighted by Crippen LogP contribution is -2.43. The molecule has 3 atom stereocenters. The van der Waals surface area contributed by atoms with Gasteiger partial charge in [0.05, 0.1) is 14.2 Å². The lowest BCUT2D eigenvalue weighted by atomic mass is 9.85. The Labute approximate surface area is 180 Å². The number of hydrogen-bond acceptors (Lipinski definition) is 5. The van der Waals surface area contributed by atoms with Gasteiger partial charge in [0.1, 0.15) is 11.5 Å². The van der Waals surface area contributed by atoms with E-state index in [0.29, 0.717) is 0 Å². The van der Waals surface area contributed by atoms with E-state index in [-0.39, 0.29) is 48.7 Å². The van der Waals surface area contributed by atoms with Gasteiger partial charge in [-0.1, -0.05) is 6.42 Å². The van der Waals surface area contributed by atoms with Gasteiger partial charge in [-0.2, -0.15) is 0 Å². The fourth-order valence-electron chi connectivity index (χ4n) is 4.09. The number of nitrogens with zero attached hydrogens (tertiary/aromatic N) is 1. The molecule has 2 fully saturated rings. The van der Waals surface area contributed by atoms with E-state index in [1.807, 2.05) is 18.2 Å². The molecule has 0 radical (unpaired) electrons. The molecule has 3 unspecified atom stereocenters. The SMILES string of the molecule is COc1cc(CN2CCC(NC(=O)C3CCCC(N)C3)C2)cc(OC)c1.Cl.Cl. The van der Waals surface area contributed by atoms with Crippen molar-refractivity contribution >= 4 is 30.7 Å². The Morgan fingerprint density at radius 2 is 1.82 bits per heavy atom. The van der Waals surface area contributed by atoms with Crippen LogP contribution in [0.15, 0.2) is 18.2 Å². The second-order valence-electron chi connectivity index (χ2n) is 7.57. The third kappa shape index (κ3) is 6.69. The van der Waals surface area contributed by atoms with E-state index in [1.54, 1.807) is 14.2 Å². The summed E-state index contributed by atoms with van der Waals surface area (Å²) in [5, 5.41) is 3.24. The molecule has 1 aliphatic heterocycles. The second-order valence-corrected chi connectivity index (χ2v) is 7.57. The molecule has 0 spiro atoms. The van der Waals surface area contributed by atoms with Crippen molar-refractivity contribution in [1.82, 2.24) is 10.2 Å². The average Bonchev–Trinajstić information content (AvgIpc) is 3.08. The molecule has 3 N–H and O–H groups in total. The Hall–Kier alpha value is -1.21. The Bertz CT molecular complexity index is 610. The zero-order chi connectivity index (χ0) is 18.5. The smallest absolute Gasteiger partial charge is 0.223 e. The largest absolute Gasteiger partial charge is 0.497 e. The molecule has 2 aliphatic rings. The first-order valence-electron chi connectivity index (χ1n) is 9.57. The average molecular weight is 434 g/mol. The number of ether oxygens (including phenoxy) is 2. The van der Waals surface area contributed by atoms with Crippen molar-refractivity contribution in [3.63, 3.8) is 0 Å². The molecule has 1 saturated heterocycles. The molecule has 8 heteroatoms. The van der Waals surface area contributed by atoms with Crippen molar-refractivity contribution < 1.29 is 14.3 Å². The molecule has 6 nitrogen and oxygen atoms in total. The summed E-state index contributed by atoms with van der Waals surface area (Å²) >= 11 is 0. The molecule has 28 heavy (non-hydrogen) atoms. The van der Waals surface area contributed by atoms with Gasteiger partial charge in [0.15, 0.2) is 0 Å². The number of carbonyl (C=O) groups is 1. The molecule has 1 heterocycles. The van der Waals surface area contributed by atoms with Crippen molar-refractivity contribution in [3.8, 4) is 11.5 Å². The van der Waals surface area contributed by atoms with Gasteiger partial charge in [-0.3, -0.25) is 9.69 Å². The van der Waals surface area contributed by atoms with Crippen LogP contribution in [0.4, 0.5) is 0 Å². The number of amides is 1. The highest BCUT2D eigenvalue weighted by molar-refractivity contribution is 5.85. The van der Waals surface area contributed by atoms with Crippen LogP contribution < -0.4 is 20.5 Å². The Balaban J connectivity index is 0.00000196. The van der Waals surface area contributed by atoms with Crippen LogP contribution in [0.5, 0.6) is 11.5 Å². The number of halogens is 2. The summed E-state index contributed by atoms with van der Waals surface area (Å²) < 4.78 is 10.7. The molecule has 0 bridgehead atoms. The topological polar surface area (TPSA) is 76.8 Å². The van der Waals surface area contributed by atoms with Crippen LogP contribution >= 0.6 is 24.8 Å². The summed E-state index contributed by atoms with van der Waals surface area (Å²) in [4.78, 5) is 14.9. The standard InChI is InChI=1S/C20H31N3O3.2ClH/c1-25-18-8-14(9-19(11-18)26-2)12-23-7-6-17(13-23)22-20(24)15-4-3-5-16(21)10-15;;/h8-9,11,15-17H,3-7,10,12-13,21H2,1-2H3,(H,22,24);2*1H. The minimum absolute atomic E-state index is 0. The molecule has 1 saturated carbocycles. The number of nitrogens with two attached hydrogens (primary N) is 1. The van der Waals surface area contributed by atoms with Crippen molar-refractivity contribution in [2.75, 3.05) is 27.3 Å². The number of nitrogens with one attached hydrogen (secondary N) is 1. The summed E-state index contributed by atoms with van der Waals surface area (Å²) in [6, 6.07) is 6.37. The molecule has 1 aromatic rings. The lowest BCUT2D eigenvalue weighted by Gasteiger charge is -2.27. The first-order valence-corrected chi connectivity index (χ1v) is 9.57. The predicted molar refractivity (Wildman–Crippen MR) is 116 cm³/mol. The summed E-state index contributed by atoms with van der Waals surface area (Å²) in [6.07, 6.45) is 4.90. The maximum absolute atomic E-state index is 12.5. The maximum Gasteiger partial charge on any atom is 0.223 e. The Morgan fingerprint density at radius 1 is 1.14 bits per heavy atom. The van der Waals surface area contributed by atoms with Crippen LogP contribution in [0.2, 0.25) is 0 Å². The van der Waals surface area contributed by atoms with E-state index in [2.05, 4.69) is 10.2 Å². The molecule has 160 valence electrons. The van der Waals surface area contributed by atoms with E-state index in [9.17, 15) is 4.79 Å².